The minimum absolute atomic E-state index is 0.108. The van der Waals surface area contributed by atoms with Gasteiger partial charge in [-0.15, -0.1) is 0 Å². The lowest BCUT2D eigenvalue weighted by atomic mass is 10.0. The number of hydrogen-bond donors (Lipinski definition) is 1. The van der Waals surface area contributed by atoms with E-state index < -0.39 is 17.6 Å². The van der Waals surface area contributed by atoms with Crippen LogP contribution < -0.4 is 5.32 Å². The first-order chi connectivity index (χ1) is 8.89. The van der Waals surface area contributed by atoms with E-state index in [1.807, 2.05) is 4.90 Å². The van der Waals surface area contributed by atoms with E-state index in [1.54, 1.807) is 6.92 Å². The monoisotopic (exact) mass is 276 g/mol. The highest BCUT2D eigenvalue weighted by Gasteiger charge is 2.32. The average molecular weight is 276 g/mol. The maximum atomic E-state index is 13.8. The van der Waals surface area contributed by atoms with Gasteiger partial charge in [-0.1, -0.05) is 0 Å². The summed E-state index contributed by atoms with van der Waals surface area (Å²) in [5.74, 6) is -0.584. The molecule has 106 valence electrons. The van der Waals surface area contributed by atoms with Gasteiger partial charge in [0.05, 0.1) is 5.56 Å². The maximum absolute atomic E-state index is 13.8. The van der Waals surface area contributed by atoms with Crippen molar-refractivity contribution < 1.29 is 17.6 Å². The smallest absolute Gasteiger partial charge is 0.314 e. The van der Waals surface area contributed by atoms with Crippen molar-refractivity contribution >= 4 is 0 Å². The molecule has 0 aromatic heterocycles. The Kier molecular flexibility index (Phi) is 4.10. The summed E-state index contributed by atoms with van der Waals surface area (Å²) in [6.07, 6.45) is -4.44. The van der Waals surface area contributed by atoms with Gasteiger partial charge < -0.3 is 5.32 Å². The molecule has 1 aliphatic heterocycles. The molecule has 0 unspecified atom stereocenters. The van der Waals surface area contributed by atoms with Crippen LogP contribution in [0.2, 0.25) is 0 Å². The van der Waals surface area contributed by atoms with Crippen molar-refractivity contribution in [3.05, 3.63) is 35.1 Å². The van der Waals surface area contributed by atoms with Crippen molar-refractivity contribution in [2.45, 2.75) is 19.1 Å². The molecule has 2 rings (SSSR count). The first kappa shape index (κ1) is 14.3. The maximum Gasteiger partial charge on any atom is 0.416 e. The highest BCUT2D eigenvalue weighted by atomic mass is 19.4. The fourth-order valence-corrected chi connectivity index (χ4v) is 2.31. The molecular formula is C13H16F4N2. The first-order valence-corrected chi connectivity index (χ1v) is 6.21. The van der Waals surface area contributed by atoms with Crippen LogP contribution >= 0.6 is 0 Å². The minimum atomic E-state index is -4.44. The summed E-state index contributed by atoms with van der Waals surface area (Å²) in [6.45, 7) is 4.69. The summed E-state index contributed by atoms with van der Waals surface area (Å²) >= 11 is 0. The number of halogens is 4. The van der Waals surface area contributed by atoms with Gasteiger partial charge >= 0.3 is 6.18 Å². The molecule has 2 nitrogen and oxygen atoms in total. The van der Waals surface area contributed by atoms with Crippen molar-refractivity contribution in [1.29, 1.82) is 0 Å². The zero-order valence-electron chi connectivity index (χ0n) is 10.6. The molecule has 1 fully saturated rings. The van der Waals surface area contributed by atoms with Crippen LogP contribution in [0.3, 0.4) is 0 Å². The molecule has 6 heteroatoms. The Bertz CT molecular complexity index is 439. The molecule has 19 heavy (non-hydrogen) atoms. The van der Waals surface area contributed by atoms with Gasteiger partial charge in [0.25, 0.3) is 0 Å². The Morgan fingerprint density at radius 1 is 1.21 bits per heavy atom. The quantitative estimate of drug-likeness (QED) is 0.836. The second-order valence-electron chi connectivity index (χ2n) is 4.70. The summed E-state index contributed by atoms with van der Waals surface area (Å²) in [5, 5.41) is 3.16. The van der Waals surface area contributed by atoms with Gasteiger partial charge in [-0.05, 0) is 25.1 Å². The van der Waals surface area contributed by atoms with E-state index in [9.17, 15) is 17.6 Å². The zero-order chi connectivity index (χ0) is 14.0. The van der Waals surface area contributed by atoms with E-state index >= 15 is 0 Å². The fraction of sp³-hybridized carbons (Fsp3) is 0.538. The molecular weight excluding hydrogens is 260 g/mol. The third-order valence-electron chi connectivity index (χ3n) is 3.47. The van der Waals surface area contributed by atoms with Crippen LogP contribution in [0.5, 0.6) is 0 Å². The van der Waals surface area contributed by atoms with Crippen molar-refractivity contribution in [1.82, 2.24) is 10.2 Å². The van der Waals surface area contributed by atoms with Crippen molar-refractivity contribution in [2.75, 3.05) is 26.2 Å². The van der Waals surface area contributed by atoms with Gasteiger partial charge in [0.15, 0.2) is 0 Å². The lowest BCUT2D eigenvalue weighted by Gasteiger charge is -2.33. The van der Waals surface area contributed by atoms with E-state index in [0.29, 0.717) is 13.1 Å². The molecule has 0 aliphatic carbocycles. The summed E-state index contributed by atoms with van der Waals surface area (Å²) in [6, 6.07) is 2.24. The summed E-state index contributed by atoms with van der Waals surface area (Å²) in [5.41, 5.74) is -0.692. The van der Waals surface area contributed by atoms with Gasteiger partial charge in [-0.2, -0.15) is 13.2 Å². The van der Waals surface area contributed by atoms with Crippen LogP contribution in [-0.4, -0.2) is 31.1 Å². The van der Waals surface area contributed by atoms with Crippen LogP contribution in [0.4, 0.5) is 17.6 Å². The van der Waals surface area contributed by atoms with E-state index in [4.69, 9.17) is 0 Å². The van der Waals surface area contributed by atoms with Crippen molar-refractivity contribution in [2.24, 2.45) is 0 Å². The third-order valence-corrected chi connectivity index (χ3v) is 3.47. The number of benzene rings is 1. The number of hydrogen-bond acceptors (Lipinski definition) is 2. The lowest BCUT2D eigenvalue weighted by molar-refractivity contribution is -0.137. The van der Waals surface area contributed by atoms with Crippen LogP contribution in [0.25, 0.3) is 0 Å². The number of alkyl halides is 3. The van der Waals surface area contributed by atoms with Crippen LogP contribution in [0.15, 0.2) is 18.2 Å². The lowest BCUT2D eigenvalue weighted by Crippen LogP contribution is -2.44. The standard InChI is InChI=1S/C13H16F4N2/c1-9(19-6-4-18-5-7-19)11-8-10(13(15,16)17)2-3-12(11)14/h2-3,8-9,18H,4-7H2,1H3/t9-/m0/s1. The summed E-state index contributed by atoms with van der Waals surface area (Å²) in [7, 11) is 0. The minimum Gasteiger partial charge on any atom is -0.314 e. The topological polar surface area (TPSA) is 15.3 Å². The Labute approximate surface area is 109 Å². The highest BCUT2D eigenvalue weighted by Crippen LogP contribution is 2.33. The van der Waals surface area contributed by atoms with Crippen molar-refractivity contribution in [3.63, 3.8) is 0 Å². The molecule has 0 radical (unpaired) electrons. The number of rotatable bonds is 2. The van der Waals surface area contributed by atoms with Crippen LogP contribution in [-0.2, 0) is 6.18 Å². The van der Waals surface area contributed by atoms with Gasteiger partial charge in [0, 0.05) is 37.8 Å². The molecule has 1 aromatic rings. The molecule has 1 atom stereocenters. The first-order valence-electron chi connectivity index (χ1n) is 6.21. The molecule has 0 saturated carbocycles. The SMILES string of the molecule is C[C@@H](c1cc(C(F)(F)F)ccc1F)N1CCNCC1. The Morgan fingerprint density at radius 2 is 1.84 bits per heavy atom. The molecule has 1 N–H and O–H groups in total. The van der Waals surface area contributed by atoms with Gasteiger partial charge in [-0.25, -0.2) is 4.39 Å². The normalized spacial score (nSPS) is 19.4. The molecule has 1 aromatic carbocycles. The molecule has 0 spiro atoms. The second kappa shape index (κ2) is 5.46. The Balaban J connectivity index is 2.27. The van der Waals surface area contributed by atoms with Gasteiger partial charge in [0.1, 0.15) is 5.82 Å². The largest absolute Gasteiger partial charge is 0.416 e. The van der Waals surface area contributed by atoms with Crippen LogP contribution in [0.1, 0.15) is 24.1 Å². The average Bonchev–Trinajstić information content (AvgIpc) is 2.38. The van der Waals surface area contributed by atoms with E-state index in [0.717, 1.165) is 31.3 Å². The van der Waals surface area contributed by atoms with Gasteiger partial charge in [-0.3, -0.25) is 4.90 Å². The zero-order valence-corrected chi connectivity index (χ0v) is 10.6. The van der Waals surface area contributed by atoms with E-state index in [-0.39, 0.29) is 11.6 Å². The van der Waals surface area contributed by atoms with E-state index in [2.05, 4.69) is 5.32 Å². The number of piperazine rings is 1. The summed E-state index contributed by atoms with van der Waals surface area (Å²) in [4.78, 5) is 1.98. The Morgan fingerprint density at radius 3 is 2.42 bits per heavy atom. The second-order valence-corrected chi connectivity index (χ2v) is 4.70. The molecule has 1 aliphatic rings. The summed E-state index contributed by atoms with van der Waals surface area (Å²) < 4.78 is 51.7. The molecule has 0 amide bonds. The molecule has 0 bridgehead atoms. The highest BCUT2D eigenvalue weighted by molar-refractivity contribution is 5.29. The molecule has 1 heterocycles. The number of nitrogens with zero attached hydrogens (tertiary/aromatic N) is 1. The van der Waals surface area contributed by atoms with E-state index in [1.165, 1.54) is 0 Å². The van der Waals surface area contributed by atoms with Crippen LogP contribution in [0, 0.1) is 5.82 Å². The third kappa shape index (κ3) is 3.25. The Hall–Kier alpha value is -1.14. The predicted molar refractivity (Wildman–Crippen MR) is 64.3 cm³/mol. The van der Waals surface area contributed by atoms with Crippen molar-refractivity contribution in [3.8, 4) is 0 Å². The molecule has 1 saturated heterocycles. The fourth-order valence-electron chi connectivity index (χ4n) is 2.31. The number of nitrogens with one attached hydrogen (secondary N) is 1. The van der Waals surface area contributed by atoms with Gasteiger partial charge in [0.2, 0.25) is 0 Å². The predicted octanol–water partition coefficient (Wildman–Crippen LogP) is 2.81.